The van der Waals surface area contributed by atoms with Crippen LogP contribution >= 0.6 is 11.3 Å². The lowest BCUT2D eigenvalue weighted by Gasteiger charge is -2.56. The van der Waals surface area contributed by atoms with Crippen LogP contribution in [0.25, 0.3) is 21.3 Å². The first kappa shape index (κ1) is 37.0. The highest BCUT2D eigenvalue weighted by atomic mass is 32.2. The molecular formula is C39H45N9O5S2. The van der Waals surface area contributed by atoms with Crippen molar-refractivity contribution in [2.75, 3.05) is 23.0 Å². The smallest absolute Gasteiger partial charge is 0.303 e. The molecule has 4 aliphatic carbocycles. The van der Waals surface area contributed by atoms with Crippen LogP contribution in [0.5, 0.6) is 0 Å². The van der Waals surface area contributed by atoms with Gasteiger partial charge < -0.3 is 15.3 Å². The number of carboxylic acids is 1. The van der Waals surface area contributed by atoms with Crippen LogP contribution in [0.15, 0.2) is 48.7 Å². The van der Waals surface area contributed by atoms with E-state index in [1.807, 2.05) is 44.2 Å². The number of aliphatic carboxylic acids is 1. The summed E-state index contributed by atoms with van der Waals surface area (Å²) in [5.74, 6) is 1.49. The normalized spacial score (nSPS) is 21.5. The Labute approximate surface area is 323 Å². The minimum atomic E-state index is -4.09. The molecule has 4 aromatic heterocycles. The Morgan fingerprint density at radius 2 is 1.69 bits per heavy atom. The zero-order chi connectivity index (χ0) is 38.5. The standard InChI is InChI=1S/C39H45N9O5S2/c1-23-14-33(44-45-36(23)43-38-41-30-8-4-5-9-31(30)54-38)47(3)32-12-11-28(35(42-32)37(51)46-55(52,53)13-7-6-10-34(49)50)29-21-40-48(24(29)2)22-39-18-25-15-26(19-39)17-27(16-25)20-39/h4-5,8-9,11-12,14,21,25-27H,6-7,10,13,15-20,22H2,1-3H3,(H,46,51)(H,49,50)(H,41,43,45). The van der Waals surface area contributed by atoms with Gasteiger partial charge in [-0.1, -0.05) is 23.5 Å². The summed E-state index contributed by atoms with van der Waals surface area (Å²) in [5, 5.41) is 26.6. The average Bonchev–Trinajstić information content (AvgIpc) is 3.71. The second-order valence-corrected chi connectivity index (χ2v) is 18.7. The number of aryl methyl sites for hydroxylation is 1. The van der Waals surface area contributed by atoms with Gasteiger partial charge in [-0.05, 0) is 124 Å². The van der Waals surface area contributed by atoms with E-state index in [-0.39, 0.29) is 30.4 Å². The Bertz CT molecular complexity index is 2320. The van der Waals surface area contributed by atoms with E-state index in [2.05, 4.69) is 29.9 Å². The quantitative estimate of drug-likeness (QED) is 0.0981. The molecule has 288 valence electrons. The molecule has 0 saturated heterocycles. The van der Waals surface area contributed by atoms with E-state index >= 15 is 0 Å². The fourth-order valence-electron chi connectivity index (χ4n) is 9.41. The molecule has 0 spiro atoms. The number of para-hydroxylation sites is 1. The van der Waals surface area contributed by atoms with E-state index in [4.69, 9.17) is 15.2 Å². The summed E-state index contributed by atoms with van der Waals surface area (Å²) in [6.07, 6.45) is 9.62. The van der Waals surface area contributed by atoms with Crippen LogP contribution in [0.3, 0.4) is 0 Å². The van der Waals surface area contributed by atoms with E-state index in [0.29, 0.717) is 33.7 Å². The Morgan fingerprint density at radius 1 is 0.964 bits per heavy atom. The highest BCUT2D eigenvalue weighted by Gasteiger charge is 2.51. The summed E-state index contributed by atoms with van der Waals surface area (Å²) in [4.78, 5) is 35.9. The third-order valence-electron chi connectivity index (χ3n) is 11.6. The topological polar surface area (TPSA) is 185 Å². The van der Waals surface area contributed by atoms with Crippen molar-refractivity contribution in [2.24, 2.45) is 23.2 Å². The number of thiazole rings is 1. The summed E-state index contributed by atoms with van der Waals surface area (Å²) in [6.45, 7) is 4.72. The van der Waals surface area contributed by atoms with Gasteiger partial charge in [-0.3, -0.25) is 14.3 Å². The first-order valence-electron chi connectivity index (χ1n) is 18.8. The first-order valence-corrected chi connectivity index (χ1v) is 21.3. The molecule has 0 atom stereocenters. The molecule has 0 radical (unpaired) electrons. The van der Waals surface area contributed by atoms with Gasteiger partial charge in [0.1, 0.15) is 11.5 Å². The first-order chi connectivity index (χ1) is 26.3. The van der Waals surface area contributed by atoms with Gasteiger partial charge >= 0.3 is 5.97 Å². The highest BCUT2D eigenvalue weighted by molar-refractivity contribution is 7.90. The molecule has 4 fully saturated rings. The number of hydrogen-bond donors (Lipinski definition) is 3. The molecule has 1 aromatic carbocycles. The lowest BCUT2D eigenvalue weighted by molar-refractivity contribution is -0.137. The van der Waals surface area contributed by atoms with Crippen molar-refractivity contribution in [1.29, 1.82) is 0 Å². The fraction of sp³-hybridized carbons (Fsp3) is 0.462. The van der Waals surface area contributed by atoms with Gasteiger partial charge in [0.25, 0.3) is 5.91 Å². The molecule has 0 aliphatic heterocycles. The number of pyridine rings is 1. The van der Waals surface area contributed by atoms with E-state index < -0.39 is 27.7 Å². The SMILES string of the molecule is Cc1cc(N(C)c2ccc(-c3cnn(CC45CC6CC(CC(C6)C4)C5)c3C)c(C(=O)NS(=O)(=O)CCCCC(=O)O)n2)nnc1Nc1nc2ccccc2s1. The summed E-state index contributed by atoms with van der Waals surface area (Å²) < 4.78 is 31.4. The van der Waals surface area contributed by atoms with Crippen molar-refractivity contribution >= 4 is 66.0 Å². The van der Waals surface area contributed by atoms with Gasteiger partial charge in [-0.25, -0.2) is 23.1 Å². The largest absolute Gasteiger partial charge is 0.481 e. The van der Waals surface area contributed by atoms with E-state index in [1.165, 1.54) is 49.9 Å². The molecule has 4 bridgehead atoms. The molecular weight excluding hydrogens is 739 g/mol. The predicted octanol–water partition coefficient (Wildman–Crippen LogP) is 7.00. The third-order valence-corrected chi connectivity index (χ3v) is 13.9. The number of nitrogens with zero attached hydrogens (tertiary/aromatic N) is 7. The zero-order valence-electron chi connectivity index (χ0n) is 31.2. The second kappa shape index (κ2) is 14.6. The van der Waals surface area contributed by atoms with Crippen LogP contribution in [0.2, 0.25) is 0 Å². The minimum absolute atomic E-state index is 0.0743. The van der Waals surface area contributed by atoms with Crippen LogP contribution < -0.4 is 14.9 Å². The summed E-state index contributed by atoms with van der Waals surface area (Å²) in [5.41, 5.74) is 3.92. The zero-order valence-corrected chi connectivity index (χ0v) is 32.8. The maximum absolute atomic E-state index is 13.9. The van der Waals surface area contributed by atoms with Gasteiger partial charge in [-0.2, -0.15) is 5.10 Å². The number of amides is 1. The average molecular weight is 784 g/mol. The van der Waals surface area contributed by atoms with Crippen molar-refractivity contribution < 1.29 is 23.1 Å². The number of hydrogen-bond acceptors (Lipinski definition) is 12. The molecule has 3 N–H and O–H groups in total. The molecule has 16 heteroatoms. The van der Waals surface area contributed by atoms with Crippen molar-refractivity contribution in [3.8, 4) is 11.1 Å². The third kappa shape index (κ3) is 7.79. The maximum atomic E-state index is 13.9. The molecule has 4 heterocycles. The van der Waals surface area contributed by atoms with Gasteiger partial charge in [0, 0.05) is 36.8 Å². The number of benzene rings is 1. The molecule has 9 rings (SSSR count). The molecule has 1 amide bonds. The van der Waals surface area contributed by atoms with E-state index in [9.17, 15) is 18.0 Å². The monoisotopic (exact) mass is 783 g/mol. The molecule has 55 heavy (non-hydrogen) atoms. The molecule has 4 aliphatic rings. The lowest BCUT2D eigenvalue weighted by Crippen LogP contribution is -2.48. The van der Waals surface area contributed by atoms with Crippen molar-refractivity contribution in [3.63, 3.8) is 0 Å². The molecule has 4 saturated carbocycles. The van der Waals surface area contributed by atoms with Gasteiger partial charge in [0.2, 0.25) is 10.0 Å². The number of rotatable bonds is 14. The van der Waals surface area contributed by atoms with Crippen molar-refractivity contribution in [1.82, 2.24) is 34.7 Å². The number of carbonyl (C=O) groups excluding carboxylic acids is 1. The lowest BCUT2D eigenvalue weighted by atomic mass is 9.49. The highest BCUT2D eigenvalue weighted by Crippen LogP contribution is 2.60. The number of carbonyl (C=O) groups is 2. The van der Waals surface area contributed by atoms with Crippen molar-refractivity contribution in [3.05, 3.63) is 65.6 Å². The van der Waals surface area contributed by atoms with Crippen LogP contribution in [0, 0.1) is 37.0 Å². The van der Waals surface area contributed by atoms with Gasteiger partial charge in [0.15, 0.2) is 16.8 Å². The Balaban J connectivity index is 1.07. The Morgan fingerprint density at radius 3 is 2.38 bits per heavy atom. The Hall–Kier alpha value is -4.96. The second-order valence-electron chi connectivity index (χ2n) is 15.8. The molecule has 14 nitrogen and oxygen atoms in total. The maximum Gasteiger partial charge on any atom is 0.303 e. The summed E-state index contributed by atoms with van der Waals surface area (Å²) in [7, 11) is -2.34. The van der Waals surface area contributed by atoms with Crippen LogP contribution in [-0.4, -0.2) is 68.1 Å². The number of fused-ring (bicyclic) bond motifs is 1. The van der Waals surface area contributed by atoms with E-state index in [1.54, 1.807) is 30.3 Å². The number of unbranched alkanes of at least 4 members (excludes halogenated alkanes) is 1. The number of aromatic nitrogens is 6. The molecule has 0 unspecified atom stereocenters. The minimum Gasteiger partial charge on any atom is -0.481 e. The number of anilines is 4. The van der Waals surface area contributed by atoms with Crippen molar-refractivity contribution in [2.45, 2.75) is 78.2 Å². The fourth-order valence-corrected chi connectivity index (χ4v) is 11.3. The summed E-state index contributed by atoms with van der Waals surface area (Å²) in [6, 6.07) is 13.3. The van der Waals surface area contributed by atoms with Crippen LogP contribution in [0.4, 0.5) is 22.6 Å². The van der Waals surface area contributed by atoms with Crippen LogP contribution in [0.1, 0.15) is 79.5 Å². The predicted molar refractivity (Wildman–Crippen MR) is 211 cm³/mol. The van der Waals surface area contributed by atoms with Crippen LogP contribution in [-0.2, 0) is 21.4 Å². The summed E-state index contributed by atoms with van der Waals surface area (Å²) >= 11 is 1.52. The number of nitrogens with one attached hydrogen (secondary N) is 2. The van der Waals surface area contributed by atoms with Gasteiger partial charge in [0.05, 0.1) is 22.2 Å². The number of carboxylic acid groups (broad SMARTS) is 1. The van der Waals surface area contributed by atoms with Gasteiger partial charge in [-0.15, -0.1) is 10.2 Å². The number of sulfonamides is 1. The van der Waals surface area contributed by atoms with E-state index in [0.717, 1.165) is 45.8 Å². The molecule has 5 aromatic rings. The Kier molecular flexibility index (Phi) is 9.82.